The van der Waals surface area contributed by atoms with Gasteiger partial charge < -0.3 is 4.98 Å². The summed E-state index contributed by atoms with van der Waals surface area (Å²) in [5.74, 6) is 0.345. The normalized spacial score (nSPS) is 11.8. The second-order valence-corrected chi connectivity index (χ2v) is 6.14. The van der Waals surface area contributed by atoms with Crippen LogP contribution in [0.4, 0.5) is 17.1 Å². The Labute approximate surface area is 165 Å². The molecule has 0 unspecified atom stereocenters. The molecule has 3 aromatic carbocycles. The van der Waals surface area contributed by atoms with Crippen molar-refractivity contribution in [2.24, 2.45) is 15.3 Å². The summed E-state index contributed by atoms with van der Waals surface area (Å²) in [5, 5.41) is 24.9. The molecule has 4 rings (SSSR count). The van der Waals surface area contributed by atoms with Gasteiger partial charge in [-0.15, -0.1) is 10.2 Å². The third kappa shape index (κ3) is 4.16. The molecule has 0 spiro atoms. The topological polar surface area (TPSA) is 108 Å². The van der Waals surface area contributed by atoms with Crippen LogP contribution in [-0.4, -0.2) is 15.7 Å². The van der Waals surface area contributed by atoms with E-state index in [0.29, 0.717) is 17.2 Å². The number of azo groups is 1. The average Bonchev–Trinajstić information content (AvgIpc) is 3.19. The van der Waals surface area contributed by atoms with Gasteiger partial charge in [0.15, 0.2) is 0 Å². The molecule has 2 N–H and O–H groups in total. The van der Waals surface area contributed by atoms with Crippen molar-refractivity contribution in [2.45, 2.75) is 0 Å². The van der Waals surface area contributed by atoms with E-state index in [9.17, 15) is 10.1 Å². The molecular formula is C21H16N6O2. The Morgan fingerprint density at radius 1 is 0.966 bits per heavy atom. The van der Waals surface area contributed by atoms with E-state index >= 15 is 0 Å². The van der Waals surface area contributed by atoms with Crippen LogP contribution in [0.15, 0.2) is 100 Å². The number of benzene rings is 3. The highest BCUT2D eigenvalue weighted by Gasteiger charge is 2.11. The minimum absolute atomic E-state index is 0.0234. The number of nitro groups is 1. The maximum absolute atomic E-state index is 11.0. The van der Waals surface area contributed by atoms with Gasteiger partial charge in [0.2, 0.25) is 5.84 Å². The van der Waals surface area contributed by atoms with E-state index in [1.54, 1.807) is 12.1 Å². The van der Waals surface area contributed by atoms with Gasteiger partial charge in [-0.25, -0.2) is 0 Å². The van der Waals surface area contributed by atoms with Gasteiger partial charge in [0.25, 0.3) is 5.69 Å². The minimum Gasteiger partial charge on any atom is -0.360 e. The average molecular weight is 384 g/mol. The number of nitro benzene ring substituents is 1. The number of nitrogens with one attached hydrogen (secondary N) is 2. The number of hydrogen-bond donors (Lipinski definition) is 2. The first-order valence-electron chi connectivity index (χ1n) is 8.82. The molecule has 0 amide bonds. The smallest absolute Gasteiger partial charge is 0.271 e. The first kappa shape index (κ1) is 18.1. The fourth-order valence-corrected chi connectivity index (χ4v) is 2.80. The molecule has 1 aromatic heterocycles. The number of aromatic amines is 1. The predicted octanol–water partition coefficient (Wildman–Crippen LogP) is 5.63. The maximum atomic E-state index is 11.0. The predicted molar refractivity (Wildman–Crippen MR) is 113 cm³/mol. The van der Waals surface area contributed by atoms with E-state index in [1.165, 1.54) is 12.1 Å². The van der Waals surface area contributed by atoms with Crippen LogP contribution < -0.4 is 5.43 Å². The van der Waals surface area contributed by atoms with E-state index in [4.69, 9.17) is 0 Å². The standard InChI is InChI=1S/C21H16N6O2/c28-27(29)17-10-6-9-16(13-17)24-26-21(25-23-15-7-2-1-3-8-15)19-14-22-20-12-5-4-11-18(19)20/h1-14,22,24H/b25-23?,26-21+. The largest absolute Gasteiger partial charge is 0.360 e. The molecule has 0 aliphatic heterocycles. The highest BCUT2D eigenvalue weighted by Crippen LogP contribution is 2.22. The highest BCUT2D eigenvalue weighted by molar-refractivity contribution is 6.10. The molecule has 0 aliphatic carbocycles. The molecule has 1 heterocycles. The van der Waals surface area contributed by atoms with Crippen LogP contribution in [0.3, 0.4) is 0 Å². The third-order valence-electron chi connectivity index (χ3n) is 4.19. The van der Waals surface area contributed by atoms with E-state index in [2.05, 4.69) is 25.7 Å². The molecule has 8 heteroatoms. The second kappa shape index (κ2) is 8.13. The molecule has 8 nitrogen and oxygen atoms in total. The van der Waals surface area contributed by atoms with E-state index in [1.807, 2.05) is 60.8 Å². The van der Waals surface area contributed by atoms with Crippen LogP contribution in [0.25, 0.3) is 10.9 Å². The molecular weight excluding hydrogens is 368 g/mol. The van der Waals surface area contributed by atoms with E-state index < -0.39 is 4.92 Å². The number of nitrogens with zero attached hydrogens (tertiary/aromatic N) is 4. The quantitative estimate of drug-likeness (QED) is 0.153. The number of rotatable bonds is 5. The Bertz CT molecular complexity index is 1210. The zero-order chi connectivity index (χ0) is 20.1. The SMILES string of the molecule is O=[N+]([O-])c1cccc(N/N=C(/N=Nc2ccccc2)c2c[nH]c3ccccc23)c1. The van der Waals surface area contributed by atoms with Crippen molar-refractivity contribution < 1.29 is 4.92 Å². The Balaban J connectivity index is 1.71. The van der Waals surface area contributed by atoms with E-state index in [0.717, 1.165) is 16.5 Å². The van der Waals surface area contributed by atoms with Crippen LogP contribution in [0, 0.1) is 10.1 Å². The van der Waals surface area contributed by atoms with Gasteiger partial charge >= 0.3 is 0 Å². The van der Waals surface area contributed by atoms with E-state index in [-0.39, 0.29) is 5.69 Å². The Hall–Kier alpha value is -4.33. The number of hydrogen-bond acceptors (Lipinski definition) is 5. The number of fused-ring (bicyclic) bond motifs is 1. The molecule has 0 saturated carbocycles. The first-order valence-corrected chi connectivity index (χ1v) is 8.82. The second-order valence-electron chi connectivity index (χ2n) is 6.14. The molecule has 0 radical (unpaired) electrons. The Morgan fingerprint density at radius 2 is 1.76 bits per heavy atom. The lowest BCUT2D eigenvalue weighted by atomic mass is 10.1. The summed E-state index contributed by atoms with van der Waals surface area (Å²) in [6.07, 6.45) is 1.81. The van der Waals surface area contributed by atoms with Crippen LogP contribution in [0.1, 0.15) is 5.56 Å². The highest BCUT2D eigenvalue weighted by atomic mass is 16.6. The number of H-pyrrole nitrogens is 1. The van der Waals surface area contributed by atoms with Gasteiger partial charge in [-0.05, 0) is 24.3 Å². The third-order valence-corrected chi connectivity index (χ3v) is 4.19. The van der Waals surface area contributed by atoms with Crippen molar-refractivity contribution in [3.8, 4) is 0 Å². The molecule has 0 saturated heterocycles. The monoisotopic (exact) mass is 384 g/mol. The molecule has 0 bridgehead atoms. The molecule has 142 valence electrons. The summed E-state index contributed by atoms with van der Waals surface area (Å²) in [6.45, 7) is 0. The van der Waals surface area contributed by atoms with Crippen LogP contribution in [-0.2, 0) is 0 Å². The van der Waals surface area contributed by atoms with Gasteiger partial charge in [-0.1, -0.05) is 42.5 Å². The molecule has 0 aliphatic rings. The van der Waals surface area contributed by atoms with Gasteiger partial charge in [0.05, 0.1) is 16.3 Å². The van der Waals surface area contributed by atoms with Gasteiger partial charge in [0, 0.05) is 34.8 Å². The number of amidine groups is 1. The van der Waals surface area contributed by atoms with Crippen molar-refractivity contribution in [1.82, 2.24) is 4.98 Å². The van der Waals surface area contributed by atoms with Crippen molar-refractivity contribution in [1.29, 1.82) is 0 Å². The van der Waals surface area contributed by atoms with Crippen LogP contribution in [0.5, 0.6) is 0 Å². The summed E-state index contributed by atoms with van der Waals surface area (Å²) >= 11 is 0. The van der Waals surface area contributed by atoms with Crippen molar-refractivity contribution in [3.05, 3.63) is 101 Å². The number of para-hydroxylation sites is 1. The van der Waals surface area contributed by atoms with Gasteiger partial charge in [0.1, 0.15) is 0 Å². The number of non-ortho nitro benzene ring substituents is 1. The van der Waals surface area contributed by atoms with Crippen LogP contribution in [0.2, 0.25) is 0 Å². The zero-order valence-corrected chi connectivity index (χ0v) is 15.2. The Morgan fingerprint density at radius 3 is 2.59 bits per heavy atom. The summed E-state index contributed by atoms with van der Waals surface area (Å²) in [4.78, 5) is 13.7. The van der Waals surface area contributed by atoms with Crippen molar-refractivity contribution in [2.75, 3.05) is 5.43 Å². The number of aromatic nitrogens is 1. The fourth-order valence-electron chi connectivity index (χ4n) is 2.80. The summed E-state index contributed by atoms with van der Waals surface area (Å²) in [6, 6.07) is 23.2. The molecule has 4 aromatic rings. The summed E-state index contributed by atoms with van der Waals surface area (Å²) in [5.41, 5.74) is 5.70. The van der Waals surface area contributed by atoms with Crippen molar-refractivity contribution >= 4 is 33.8 Å². The Kier molecular flexibility index (Phi) is 5.06. The van der Waals surface area contributed by atoms with Crippen LogP contribution >= 0.6 is 0 Å². The molecule has 0 fully saturated rings. The summed E-state index contributed by atoms with van der Waals surface area (Å²) in [7, 11) is 0. The maximum Gasteiger partial charge on any atom is 0.271 e. The van der Waals surface area contributed by atoms with Crippen molar-refractivity contribution in [3.63, 3.8) is 0 Å². The molecule has 0 atom stereocenters. The van der Waals surface area contributed by atoms with Gasteiger partial charge in [-0.3, -0.25) is 15.5 Å². The zero-order valence-electron chi connectivity index (χ0n) is 15.2. The number of anilines is 1. The lowest BCUT2D eigenvalue weighted by molar-refractivity contribution is -0.384. The van der Waals surface area contributed by atoms with Gasteiger partial charge in [-0.2, -0.15) is 5.10 Å². The number of hydrazone groups is 1. The molecule has 29 heavy (non-hydrogen) atoms. The minimum atomic E-state index is -0.454. The lowest BCUT2D eigenvalue weighted by Gasteiger charge is -2.03. The fraction of sp³-hybridized carbons (Fsp3) is 0. The lowest BCUT2D eigenvalue weighted by Crippen LogP contribution is -2.01. The first-order chi connectivity index (χ1) is 14.2. The summed E-state index contributed by atoms with van der Waals surface area (Å²) < 4.78 is 0.